The lowest BCUT2D eigenvalue weighted by Gasteiger charge is -2.44. The predicted molar refractivity (Wildman–Crippen MR) is 91.5 cm³/mol. The van der Waals surface area contributed by atoms with Gasteiger partial charge in [0.25, 0.3) is 0 Å². The van der Waals surface area contributed by atoms with Crippen molar-refractivity contribution in [2.75, 3.05) is 25.0 Å². The molecule has 0 radical (unpaired) electrons. The van der Waals surface area contributed by atoms with Crippen LogP contribution in [-0.4, -0.2) is 41.4 Å². The van der Waals surface area contributed by atoms with Crippen LogP contribution in [0.15, 0.2) is 42.5 Å². The highest BCUT2D eigenvalue weighted by molar-refractivity contribution is 5.93. The zero-order chi connectivity index (χ0) is 18.3. The van der Waals surface area contributed by atoms with Crippen LogP contribution in [0.2, 0.25) is 0 Å². The van der Waals surface area contributed by atoms with Crippen molar-refractivity contribution in [2.24, 2.45) is 0 Å². The highest BCUT2D eigenvalue weighted by Gasteiger charge is 2.39. The van der Waals surface area contributed by atoms with E-state index in [1.54, 1.807) is 11.0 Å². The molecule has 0 spiro atoms. The average Bonchev–Trinajstić information content (AvgIpc) is 2.63. The summed E-state index contributed by atoms with van der Waals surface area (Å²) in [5.41, 5.74) is 1.81. The summed E-state index contributed by atoms with van der Waals surface area (Å²) in [7, 11) is 0. The Morgan fingerprint density at radius 3 is 2.65 bits per heavy atom. The van der Waals surface area contributed by atoms with Gasteiger partial charge in [-0.25, -0.2) is 13.6 Å². The van der Waals surface area contributed by atoms with Crippen LogP contribution in [0.25, 0.3) is 0 Å². The Hall–Kier alpha value is -2.96. The van der Waals surface area contributed by atoms with Crippen LogP contribution in [0, 0.1) is 11.6 Å². The summed E-state index contributed by atoms with van der Waals surface area (Å²) in [5, 5.41) is 2.67. The molecule has 2 aliphatic rings. The number of fused-ring (bicyclic) bond motifs is 3. The van der Waals surface area contributed by atoms with Crippen LogP contribution in [0.5, 0.6) is 0 Å². The minimum atomic E-state index is -0.437. The zero-order valence-corrected chi connectivity index (χ0v) is 13.9. The van der Waals surface area contributed by atoms with Crippen LogP contribution < -0.4 is 5.32 Å². The summed E-state index contributed by atoms with van der Waals surface area (Å²) < 4.78 is 27.1. The Balaban J connectivity index is 1.56. The third kappa shape index (κ3) is 2.89. The zero-order valence-electron chi connectivity index (χ0n) is 13.9. The molecule has 2 aliphatic heterocycles. The van der Waals surface area contributed by atoms with E-state index in [0.717, 1.165) is 5.56 Å². The number of halogens is 2. The van der Waals surface area contributed by atoms with Crippen molar-refractivity contribution in [3.63, 3.8) is 0 Å². The van der Waals surface area contributed by atoms with Crippen LogP contribution >= 0.6 is 0 Å². The highest BCUT2D eigenvalue weighted by atomic mass is 19.1. The maximum atomic E-state index is 14.1. The summed E-state index contributed by atoms with van der Waals surface area (Å²) in [6, 6.07) is 9.47. The summed E-state index contributed by atoms with van der Waals surface area (Å²) >= 11 is 0. The van der Waals surface area contributed by atoms with Crippen LogP contribution in [0.4, 0.5) is 19.3 Å². The SMILES string of the molecule is O=C(Nc1ccc(F)cc1)N1CC(=O)N2CCc3c(F)cccc3C2C1. The van der Waals surface area contributed by atoms with Crippen molar-refractivity contribution in [1.82, 2.24) is 9.80 Å². The van der Waals surface area contributed by atoms with Gasteiger partial charge in [-0.3, -0.25) is 4.79 Å². The lowest BCUT2D eigenvalue weighted by atomic mass is 9.90. The van der Waals surface area contributed by atoms with Crippen molar-refractivity contribution < 1.29 is 18.4 Å². The van der Waals surface area contributed by atoms with Gasteiger partial charge in [0.2, 0.25) is 5.91 Å². The second kappa shape index (κ2) is 6.40. The number of anilines is 1. The molecule has 2 heterocycles. The molecule has 0 saturated carbocycles. The number of nitrogens with zero attached hydrogens (tertiary/aromatic N) is 2. The monoisotopic (exact) mass is 357 g/mol. The van der Waals surface area contributed by atoms with Gasteiger partial charge in [0.05, 0.1) is 6.04 Å². The van der Waals surface area contributed by atoms with Gasteiger partial charge in [0, 0.05) is 18.8 Å². The van der Waals surface area contributed by atoms with Crippen molar-refractivity contribution >= 4 is 17.6 Å². The van der Waals surface area contributed by atoms with E-state index in [-0.39, 0.29) is 30.9 Å². The fourth-order valence-electron chi connectivity index (χ4n) is 3.62. The second-order valence-electron chi connectivity index (χ2n) is 6.48. The largest absolute Gasteiger partial charge is 0.332 e. The standard InChI is InChI=1S/C19H17F2N3O2/c20-12-4-6-13(7-5-12)22-19(26)23-10-17-15-2-1-3-16(21)14(15)8-9-24(17)18(25)11-23/h1-7,17H,8-11H2,(H,22,26). The topological polar surface area (TPSA) is 52.7 Å². The number of hydrogen-bond donors (Lipinski definition) is 1. The fraction of sp³-hybridized carbons (Fsp3) is 0.263. The first kappa shape index (κ1) is 16.5. The Bertz CT molecular complexity index is 870. The maximum Gasteiger partial charge on any atom is 0.322 e. The van der Waals surface area contributed by atoms with E-state index in [4.69, 9.17) is 0 Å². The smallest absolute Gasteiger partial charge is 0.322 e. The molecule has 3 amide bonds. The summed E-state index contributed by atoms with van der Waals surface area (Å²) in [6.07, 6.45) is 0.478. The number of piperazine rings is 1. The van der Waals surface area contributed by atoms with Crippen LogP contribution in [0.1, 0.15) is 17.2 Å². The van der Waals surface area contributed by atoms with E-state index >= 15 is 0 Å². The highest BCUT2D eigenvalue weighted by Crippen LogP contribution is 2.34. The second-order valence-corrected chi connectivity index (χ2v) is 6.48. The number of nitrogens with one attached hydrogen (secondary N) is 1. The number of carbonyl (C=O) groups excluding carboxylic acids is 2. The quantitative estimate of drug-likeness (QED) is 0.853. The molecule has 26 heavy (non-hydrogen) atoms. The van der Waals surface area contributed by atoms with Gasteiger partial charge in [0.15, 0.2) is 0 Å². The van der Waals surface area contributed by atoms with E-state index < -0.39 is 11.8 Å². The Labute approximate surface area is 149 Å². The summed E-state index contributed by atoms with van der Waals surface area (Å²) in [6.45, 7) is 0.703. The first-order valence-electron chi connectivity index (χ1n) is 8.41. The minimum Gasteiger partial charge on any atom is -0.332 e. The normalized spacial score (nSPS) is 19.0. The first-order chi connectivity index (χ1) is 12.5. The molecular weight excluding hydrogens is 340 g/mol. The van der Waals surface area contributed by atoms with E-state index in [9.17, 15) is 18.4 Å². The molecule has 2 aromatic rings. The molecule has 134 valence electrons. The van der Waals surface area contributed by atoms with Crippen LogP contribution in [0.3, 0.4) is 0 Å². The number of hydrogen-bond acceptors (Lipinski definition) is 2. The van der Waals surface area contributed by atoms with E-state index in [2.05, 4.69) is 5.32 Å². The first-order valence-corrected chi connectivity index (χ1v) is 8.41. The Morgan fingerprint density at radius 1 is 1.12 bits per heavy atom. The van der Waals surface area contributed by atoms with E-state index in [1.807, 2.05) is 6.07 Å². The van der Waals surface area contributed by atoms with Crippen molar-refractivity contribution in [3.8, 4) is 0 Å². The summed E-state index contributed by atoms with van der Waals surface area (Å²) in [5.74, 6) is -0.833. The number of amides is 3. The van der Waals surface area contributed by atoms with Gasteiger partial charge in [-0.2, -0.15) is 0 Å². The van der Waals surface area contributed by atoms with Gasteiger partial charge >= 0.3 is 6.03 Å². The maximum absolute atomic E-state index is 14.1. The number of rotatable bonds is 1. The number of benzene rings is 2. The molecule has 0 aromatic heterocycles. The molecule has 1 fully saturated rings. The van der Waals surface area contributed by atoms with Crippen LogP contribution in [-0.2, 0) is 11.2 Å². The molecule has 0 aliphatic carbocycles. The predicted octanol–water partition coefficient (Wildman–Crippen LogP) is 2.94. The molecule has 4 rings (SSSR count). The fourth-order valence-corrected chi connectivity index (χ4v) is 3.62. The van der Waals surface area contributed by atoms with Gasteiger partial charge in [-0.1, -0.05) is 12.1 Å². The van der Waals surface area contributed by atoms with Gasteiger partial charge in [-0.05, 0) is 47.9 Å². The molecule has 0 bridgehead atoms. The average molecular weight is 357 g/mol. The summed E-state index contributed by atoms with van der Waals surface area (Å²) in [4.78, 5) is 28.1. The third-order valence-corrected chi connectivity index (χ3v) is 4.92. The number of carbonyl (C=O) groups is 2. The molecule has 2 aromatic carbocycles. The number of urea groups is 1. The van der Waals surface area contributed by atoms with E-state index in [0.29, 0.717) is 24.2 Å². The van der Waals surface area contributed by atoms with E-state index in [1.165, 1.54) is 35.2 Å². The lowest BCUT2D eigenvalue weighted by molar-refractivity contribution is -0.139. The Morgan fingerprint density at radius 2 is 1.88 bits per heavy atom. The lowest BCUT2D eigenvalue weighted by Crippen LogP contribution is -2.56. The molecular formula is C19H17F2N3O2. The molecule has 7 heteroatoms. The van der Waals surface area contributed by atoms with Crippen molar-refractivity contribution in [3.05, 3.63) is 65.2 Å². The van der Waals surface area contributed by atoms with Gasteiger partial charge in [0.1, 0.15) is 18.2 Å². The molecule has 1 saturated heterocycles. The van der Waals surface area contributed by atoms with Crippen molar-refractivity contribution in [2.45, 2.75) is 12.5 Å². The molecule has 1 unspecified atom stereocenters. The van der Waals surface area contributed by atoms with Gasteiger partial charge in [-0.15, -0.1) is 0 Å². The molecule has 1 N–H and O–H groups in total. The third-order valence-electron chi connectivity index (χ3n) is 4.92. The minimum absolute atomic E-state index is 0.0336. The Kier molecular flexibility index (Phi) is 4.06. The molecule has 5 nitrogen and oxygen atoms in total. The van der Waals surface area contributed by atoms with Gasteiger partial charge < -0.3 is 15.1 Å². The van der Waals surface area contributed by atoms with Crippen molar-refractivity contribution in [1.29, 1.82) is 0 Å². The molecule has 1 atom stereocenters.